The summed E-state index contributed by atoms with van der Waals surface area (Å²) in [4.78, 5) is 81.1. The quantitative estimate of drug-likeness (QED) is 0.297. The zero-order valence-electron chi connectivity index (χ0n) is 30.2. The fourth-order valence-electron chi connectivity index (χ4n) is 5.42. The van der Waals surface area contributed by atoms with Gasteiger partial charge in [0.25, 0.3) is 11.8 Å². The van der Waals surface area contributed by atoms with Crippen LogP contribution in [0.25, 0.3) is 0 Å². The zero-order valence-corrected chi connectivity index (χ0v) is 30.2. The summed E-state index contributed by atoms with van der Waals surface area (Å²) < 4.78 is 21.1. The first-order chi connectivity index (χ1) is 24.3. The van der Waals surface area contributed by atoms with Crippen molar-refractivity contribution >= 4 is 52.9 Å². The van der Waals surface area contributed by atoms with Gasteiger partial charge in [0.15, 0.2) is 12.2 Å². The molecule has 2 aliphatic heterocycles. The van der Waals surface area contributed by atoms with E-state index >= 15 is 0 Å². The molecule has 2 aliphatic rings. The van der Waals surface area contributed by atoms with Crippen molar-refractivity contribution in [2.24, 2.45) is 0 Å². The minimum Gasteiger partial charge on any atom is -0.468 e. The number of nitrogens with one attached hydrogen (secondary N) is 1. The predicted octanol–water partition coefficient (Wildman–Crippen LogP) is 3.41. The molecule has 16 nitrogen and oxygen atoms in total. The Morgan fingerprint density at radius 3 is 2.27 bits per heavy atom. The fourth-order valence-corrected chi connectivity index (χ4v) is 5.42. The van der Waals surface area contributed by atoms with E-state index < -0.39 is 59.9 Å². The van der Waals surface area contributed by atoms with Crippen molar-refractivity contribution in [2.45, 2.75) is 84.3 Å². The Morgan fingerprint density at radius 2 is 1.67 bits per heavy atom. The van der Waals surface area contributed by atoms with Gasteiger partial charge in [-0.25, -0.2) is 14.5 Å². The lowest BCUT2D eigenvalue weighted by Gasteiger charge is -2.35. The number of aliphatic hydroxyl groups excluding tert-OH is 1. The SMILES string of the molecule is COC(=O)CN1C(=O)CCc2ccc(N3CCO[C@H]([C@@H](O)C(=O)Nc4ccc(C#N)c(CN(C(=O)OC(C)(C)C)C(=O)OC(C)(C)C)c4)C3=O)cc21. The maximum Gasteiger partial charge on any atom is 0.420 e. The van der Waals surface area contributed by atoms with Gasteiger partial charge < -0.3 is 39.2 Å². The average molecular weight is 722 g/mol. The molecule has 0 bridgehead atoms. The van der Waals surface area contributed by atoms with Gasteiger partial charge in [-0.05, 0) is 89.4 Å². The summed E-state index contributed by atoms with van der Waals surface area (Å²) in [5, 5.41) is 23.3. The highest BCUT2D eigenvalue weighted by molar-refractivity contribution is 6.05. The Bertz CT molecular complexity index is 1760. The second-order valence-electron chi connectivity index (χ2n) is 14.1. The van der Waals surface area contributed by atoms with Gasteiger partial charge in [0, 0.05) is 30.0 Å². The summed E-state index contributed by atoms with van der Waals surface area (Å²) in [6, 6.07) is 11.1. The molecule has 2 aromatic rings. The molecule has 0 aliphatic carbocycles. The summed E-state index contributed by atoms with van der Waals surface area (Å²) in [7, 11) is 1.22. The molecule has 2 aromatic carbocycles. The summed E-state index contributed by atoms with van der Waals surface area (Å²) in [6.07, 6.45) is -4.98. The van der Waals surface area contributed by atoms with Crippen molar-refractivity contribution in [2.75, 3.05) is 41.9 Å². The Morgan fingerprint density at radius 1 is 1.02 bits per heavy atom. The van der Waals surface area contributed by atoms with Crippen LogP contribution in [0.4, 0.5) is 26.7 Å². The molecule has 0 spiro atoms. The summed E-state index contributed by atoms with van der Waals surface area (Å²) in [5.74, 6) is -2.61. The van der Waals surface area contributed by atoms with Crippen LogP contribution in [0.3, 0.4) is 0 Å². The second kappa shape index (κ2) is 15.8. The lowest BCUT2D eigenvalue weighted by molar-refractivity contribution is -0.150. The number of methoxy groups -OCH3 is 1. The molecule has 52 heavy (non-hydrogen) atoms. The molecule has 0 unspecified atom stereocenters. The van der Waals surface area contributed by atoms with Crippen LogP contribution in [0.2, 0.25) is 0 Å². The number of aryl methyl sites for hydroxylation is 1. The first-order valence-corrected chi connectivity index (χ1v) is 16.5. The van der Waals surface area contributed by atoms with Gasteiger partial charge in [0.2, 0.25) is 5.91 Å². The fraction of sp³-hybridized carbons (Fsp3) is 0.472. The minimum absolute atomic E-state index is 0.0329. The van der Waals surface area contributed by atoms with Crippen LogP contribution in [-0.2, 0) is 51.1 Å². The molecule has 1 fully saturated rings. The molecule has 0 radical (unpaired) electrons. The zero-order chi connectivity index (χ0) is 38.5. The largest absolute Gasteiger partial charge is 0.468 e. The van der Waals surface area contributed by atoms with E-state index in [0.29, 0.717) is 22.7 Å². The first kappa shape index (κ1) is 39.3. The number of fused-ring (bicyclic) bond motifs is 1. The number of anilines is 3. The van der Waals surface area contributed by atoms with Crippen molar-refractivity contribution in [1.82, 2.24) is 4.90 Å². The number of hydrogen-bond donors (Lipinski definition) is 2. The second-order valence-corrected chi connectivity index (χ2v) is 14.1. The van der Waals surface area contributed by atoms with E-state index in [-0.39, 0.29) is 48.8 Å². The molecule has 278 valence electrons. The van der Waals surface area contributed by atoms with Crippen LogP contribution in [0.1, 0.15) is 64.7 Å². The van der Waals surface area contributed by atoms with Gasteiger partial charge in [-0.2, -0.15) is 5.26 Å². The molecule has 0 saturated carbocycles. The number of esters is 1. The minimum atomic E-state index is -1.98. The molecular weight excluding hydrogens is 678 g/mol. The third kappa shape index (κ3) is 9.62. The number of ether oxygens (including phenoxy) is 4. The van der Waals surface area contributed by atoms with Crippen LogP contribution in [0.5, 0.6) is 0 Å². The van der Waals surface area contributed by atoms with Crippen molar-refractivity contribution in [3.05, 3.63) is 53.1 Å². The third-order valence-electron chi connectivity index (χ3n) is 7.82. The normalized spacial score (nSPS) is 16.6. The van der Waals surface area contributed by atoms with Crippen molar-refractivity contribution in [3.63, 3.8) is 0 Å². The predicted molar refractivity (Wildman–Crippen MR) is 185 cm³/mol. The molecule has 2 atom stereocenters. The van der Waals surface area contributed by atoms with Gasteiger partial charge in [-0.1, -0.05) is 6.07 Å². The Kier molecular flexibility index (Phi) is 11.9. The summed E-state index contributed by atoms with van der Waals surface area (Å²) in [5.41, 5.74) is -0.00249. The van der Waals surface area contributed by atoms with E-state index in [1.165, 1.54) is 35.1 Å². The monoisotopic (exact) mass is 721 g/mol. The van der Waals surface area contributed by atoms with Crippen LogP contribution in [0.15, 0.2) is 36.4 Å². The molecule has 2 N–H and O–H groups in total. The highest BCUT2D eigenvalue weighted by atomic mass is 16.6. The van der Waals surface area contributed by atoms with E-state index in [0.717, 1.165) is 5.56 Å². The van der Waals surface area contributed by atoms with Crippen LogP contribution < -0.4 is 15.1 Å². The molecule has 2 heterocycles. The number of nitrogens with zero attached hydrogens (tertiary/aromatic N) is 4. The van der Waals surface area contributed by atoms with E-state index in [4.69, 9.17) is 18.9 Å². The number of amides is 5. The van der Waals surface area contributed by atoms with E-state index in [1.54, 1.807) is 59.7 Å². The van der Waals surface area contributed by atoms with Gasteiger partial charge in [0.1, 0.15) is 17.7 Å². The molecule has 16 heteroatoms. The Labute approximate surface area is 301 Å². The Balaban J connectivity index is 1.53. The standard InChI is InChI=1S/C36H43N5O11/c1-35(2,3)51-33(47)41(34(48)52-36(4,5)6)19-23-16-24(11-8-22(23)18-37)38-31(45)29(44)30-32(46)39(14-15-50-30)25-12-9-21-10-13-27(42)40(26(21)17-25)20-28(43)49-7/h8-9,11-12,16-17,29-30,44H,10,13-15,19-20H2,1-7H3,(H,38,45)/t29-,30-/m1/s1. The highest BCUT2D eigenvalue weighted by Crippen LogP contribution is 2.33. The number of carbonyl (C=O) groups excluding carboxylic acids is 6. The van der Waals surface area contributed by atoms with Crippen LogP contribution >= 0.6 is 0 Å². The molecule has 0 aromatic heterocycles. The van der Waals surface area contributed by atoms with Crippen LogP contribution in [-0.4, -0.2) is 96.1 Å². The van der Waals surface area contributed by atoms with Gasteiger partial charge in [-0.3, -0.25) is 19.2 Å². The van der Waals surface area contributed by atoms with Crippen molar-refractivity contribution in [1.29, 1.82) is 5.26 Å². The lowest BCUT2D eigenvalue weighted by Crippen LogP contribution is -2.55. The molecular formula is C36H43N5O11. The topological polar surface area (TPSA) is 205 Å². The summed E-state index contributed by atoms with van der Waals surface area (Å²) in [6.45, 7) is 9.02. The number of carbonyl (C=O) groups is 6. The van der Waals surface area contributed by atoms with Gasteiger partial charge in [-0.15, -0.1) is 0 Å². The van der Waals surface area contributed by atoms with E-state index in [1.807, 2.05) is 6.07 Å². The number of imide groups is 1. The summed E-state index contributed by atoms with van der Waals surface area (Å²) >= 11 is 0. The molecule has 1 saturated heterocycles. The van der Waals surface area contributed by atoms with E-state index in [2.05, 4.69) is 5.32 Å². The number of morpholine rings is 1. The van der Waals surface area contributed by atoms with Gasteiger partial charge in [0.05, 0.1) is 31.9 Å². The van der Waals surface area contributed by atoms with Gasteiger partial charge >= 0.3 is 18.2 Å². The highest BCUT2D eigenvalue weighted by Gasteiger charge is 2.40. The number of nitriles is 1. The Hall–Kier alpha value is -5.53. The number of aliphatic hydroxyl groups is 1. The maximum atomic E-state index is 13.6. The lowest BCUT2D eigenvalue weighted by atomic mass is 9.99. The third-order valence-corrected chi connectivity index (χ3v) is 7.82. The number of hydrogen-bond acceptors (Lipinski definition) is 12. The first-order valence-electron chi connectivity index (χ1n) is 16.5. The van der Waals surface area contributed by atoms with Crippen molar-refractivity contribution < 1.29 is 52.8 Å². The maximum absolute atomic E-state index is 13.6. The van der Waals surface area contributed by atoms with Crippen LogP contribution in [0, 0.1) is 11.3 Å². The average Bonchev–Trinajstić information content (AvgIpc) is 3.06. The smallest absolute Gasteiger partial charge is 0.420 e. The molecule has 4 rings (SSSR count). The molecule has 5 amide bonds. The van der Waals surface area contributed by atoms with Crippen molar-refractivity contribution in [3.8, 4) is 6.07 Å². The number of rotatable bonds is 8. The van der Waals surface area contributed by atoms with E-state index in [9.17, 15) is 39.1 Å². The number of benzene rings is 2.